The van der Waals surface area contributed by atoms with E-state index in [1.165, 1.54) is 0 Å². The summed E-state index contributed by atoms with van der Waals surface area (Å²) in [5.74, 6) is 2.88. The van der Waals surface area contributed by atoms with Gasteiger partial charge in [0.15, 0.2) is 0 Å². The maximum atomic E-state index is 12.8. The summed E-state index contributed by atoms with van der Waals surface area (Å²) in [6.07, 6.45) is 0. The first-order chi connectivity index (χ1) is 15.6. The van der Waals surface area contributed by atoms with Crippen molar-refractivity contribution in [3.63, 3.8) is 0 Å². The molecule has 0 N–H and O–H groups in total. The monoisotopic (exact) mass is 435 g/mol. The predicted octanol–water partition coefficient (Wildman–Crippen LogP) is 4.02. The lowest BCUT2D eigenvalue weighted by Crippen LogP contribution is -2.48. The molecule has 0 unspecified atom stereocenters. The summed E-state index contributed by atoms with van der Waals surface area (Å²) in [6, 6.07) is 15.1. The molecule has 1 fully saturated rings. The van der Waals surface area contributed by atoms with Gasteiger partial charge in [-0.2, -0.15) is 0 Å². The van der Waals surface area contributed by atoms with Gasteiger partial charge in [0.1, 0.15) is 17.3 Å². The smallest absolute Gasteiger partial charge is 0.254 e. The maximum absolute atomic E-state index is 12.8. The lowest BCUT2D eigenvalue weighted by Gasteiger charge is -2.34. The Morgan fingerprint density at radius 3 is 2.62 bits per heavy atom. The van der Waals surface area contributed by atoms with E-state index in [-0.39, 0.29) is 5.91 Å². The number of hydrogen-bond acceptors (Lipinski definition) is 6. The standard InChI is InChI=1S/C25H29N3O4/c1-4-31-23-11-6-5-10-21(23)24-26-22(18(2)32-24)17-27-12-14-28(15-13-27)25(29)19-8-7-9-20(16-19)30-3/h5-11,16H,4,12-15,17H2,1-3H3. The van der Waals surface area contributed by atoms with E-state index in [0.717, 1.165) is 35.9 Å². The third-order valence-electron chi connectivity index (χ3n) is 5.66. The Morgan fingerprint density at radius 1 is 1.09 bits per heavy atom. The number of amides is 1. The molecule has 0 radical (unpaired) electrons. The summed E-state index contributed by atoms with van der Waals surface area (Å²) in [4.78, 5) is 21.8. The van der Waals surface area contributed by atoms with Crippen LogP contribution in [0.4, 0.5) is 0 Å². The Morgan fingerprint density at radius 2 is 1.88 bits per heavy atom. The summed E-state index contributed by atoms with van der Waals surface area (Å²) < 4.78 is 16.9. The van der Waals surface area contributed by atoms with E-state index in [0.29, 0.717) is 43.4 Å². The van der Waals surface area contributed by atoms with E-state index in [1.807, 2.05) is 61.2 Å². The van der Waals surface area contributed by atoms with Crippen molar-refractivity contribution >= 4 is 5.91 Å². The van der Waals surface area contributed by atoms with Crippen LogP contribution in [-0.2, 0) is 6.54 Å². The fourth-order valence-electron chi connectivity index (χ4n) is 3.87. The summed E-state index contributed by atoms with van der Waals surface area (Å²) in [5.41, 5.74) is 2.43. The lowest BCUT2D eigenvalue weighted by atomic mass is 10.1. The molecule has 168 valence electrons. The van der Waals surface area contributed by atoms with Crippen molar-refractivity contribution in [2.24, 2.45) is 0 Å². The number of carbonyl (C=O) groups is 1. The van der Waals surface area contributed by atoms with E-state index >= 15 is 0 Å². The molecule has 1 aliphatic rings. The van der Waals surface area contributed by atoms with Gasteiger partial charge in [0.05, 0.1) is 25.0 Å². The number of nitrogens with zero attached hydrogens (tertiary/aromatic N) is 3. The number of piperazine rings is 1. The molecule has 2 heterocycles. The van der Waals surface area contributed by atoms with Gasteiger partial charge in [0.2, 0.25) is 5.89 Å². The SMILES string of the molecule is CCOc1ccccc1-c1nc(CN2CCN(C(=O)c3cccc(OC)c3)CC2)c(C)o1. The number of aromatic nitrogens is 1. The molecule has 7 heteroatoms. The molecule has 3 aromatic rings. The fraction of sp³-hybridized carbons (Fsp3) is 0.360. The highest BCUT2D eigenvalue weighted by Gasteiger charge is 2.24. The summed E-state index contributed by atoms with van der Waals surface area (Å²) in [5, 5.41) is 0. The second-order valence-electron chi connectivity index (χ2n) is 7.75. The van der Waals surface area contributed by atoms with Crippen LogP contribution in [0.3, 0.4) is 0 Å². The van der Waals surface area contributed by atoms with Gasteiger partial charge in [-0.15, -0.1) is 0 Å². The van der Waals surface area contributed by atoms with Gasteiger partial charge in [-0.05, 0) is 44.2 Å². The van der Waals surface area contributed by atoms with Crippen LogP contribution in [0.25, 0.3) is 11.5 Å². The van der Waals surface area contributed by atoms with Gasteiger partial charge in [0, 0.05) is 38.3 Å². The highest BCUT2D eigenvalue weighted by Crippen LogP contribution is 2.31. The molecule has 32 heavy (non-hydrogen) atoms. The Labute approximate surface area is 188 Å². The first kappa shape index (κ1) is 21.9. The zero-order valence-corrected chi connectivity index (χ0v) is 18.8. The average Bonchev–Trinajstić information content (AvgIpc) is 3.19. The third-order valence-corrected chi connectivity index (χ3v) is 5.66. The molecule has 1 aromatic heterocycles. The van der Waals surface area contributed by atoms with E-state index in [2.05, 4.69) is 4.90 Å². The average molecular weight is 436 g/mol. The summed E-state index contributed by atoms with van der Waals surface area (Å²) in [7, 11) is 1.61. The highest BCUT2D eigenvalue weighted by molar-refractivity contribution is 5.94. The highest BCUT2D eigenvalue weighted by atomic mass is 16.5. The van der Waals surface area contributed by atoms with Gasteiger partial charge in [-0.1, -0.05) is 18.2 Å². The van der Waals surface area contributed by atoms with Crippen molar-refractivity contribution in [3.05, 3.63) is 65.5 Å². The molecule has 7 nitrogen and oxygen atoms in total. The zero-order chi connectivity index (χ0) is 22.5. The molecule has 1 aliphatic heterocycles. The van der Waals surface area contributed by atoms with Crippen LogP contribution >= 0.6 is 0 Å². The molecule has 0 spiro atoms. The van der Waals surface area contributed by atoms with Gasteiger partial charge in [-0.25, -0.2) is 4.98 Å². The van der Waals surface area contributed by atoms with Crippen molar-refractivity contribution in [1.29, 1.82) is 0 Å². The van der Waals surface area contributed by atoms with E-state index < -0.39 is 0 Å². The van der Waals surface area contributed by atoms with E-state index in [4.69, 9.17) is 18.9 Å². The number of hydrogen-bond donors (Lipinski definition) is 0. The number of para-hydroxylation sites is 1. The van der Waals surface area contributed by atoms with Crippen LogP contribution in [0.2, 0.25) is 0 Å². The number of ether oxygens (including phenoxy) is 2. The first-order valence-electron chi connectivity index (χ1n) is 10.9. The van der Waals surface area contributed by atoms with Crippen molar-refractivity contribution < 1.29 is 18.7 Å². The van der Waals surface area contributed by atoms with Crippen LogP contribution in [0.5, 0.6) is 11.5 Å². The molecule has 0 atom stereocenters. The Bertz CT molecular complexity index is 1070. The van der Waals surface area contributed by atoms with E-state index in [9.17, 15) is 4.79 Å². The van der Waals surface area contributed by atoms with Crippen molar-refractivity contribution in [3.8, 4) is 23.0 Å². The van der Waals surface area contributed by atoms with Crippen molar-refractivity contribution in [2.75, 3.05) is 39.9 Å². The predicted molar refractivity (Wildman–Crippen MR) is 122 cm³/mol. The molecule has 1 saturated heterocycles. The Hall–Kier alpha value is -3.32. The zero-order valence-electron chi connectivity index (χ0n) is 18.8. The van der Waals surface area contributed by atoms with Gasteiger partial charge in [-0.3, -0.25) is 9.69 Å². The molecule has 4 rings (SSSR count). The van der Waals surface area contributed by atoms with Crippen LogP contribution < -0.4 is 9.47 Å². The minimum absolute atomic E-state index is 0.0379. The van der Waals surface area contributed by atoms with Crippen LogP contribution in [0.1, 0.15) is 28.7 Å². The molecular weight excluding hydrogens is 406 g/mol. The molecule has 0 aliphatic carbocycles. The number of benzene rings is 2. The van der Waals surface area contributed by atoms with Crippen LogP contribution in [0.15, 0.2) is 52.9 Å². The number of carbonyl (C=O) groups excluding carboxylic acids is 1. The van der Waals surface area contributed by atoms with Gasteiger partial charge >= 0.3 is 0 Å². The van der Waals surface area contributed by atoms with E-state index in [1.54, 1.807) is 13.2 Å². The molecular formula is C25H29N3O4. The second-order valence-corrected chi connectivity index (χ2v) is 7.75. The Kier molecular flexibility index (Phi) is 6.75. The number of oxazole rings is 1. The Balaban J connectivity index is 1.39. The van der Waals surface area contributed by atoms with Gasteiger partial charge in [0.25, 0.3) is 5.91 Å². The number of methoxy groups -OCH3 is 1. The van der Waals surface area contributed by atoms with Gasteiger partial charge < -0.3 is 18.8 Å². The fourth-order valence-corrected chi connectivity index (χ4v) is 3.87. The van der Waals surface area contributed by atoms with Crippen molar-refractivity contribution in [1.82, 2.24) is 14.8 Å². The third kappa shape index (κ3) is 4.78. The topological polar surface area (TPSA) is 68.0 Å². The normalized spacial score (nSPS) is 14.4. The molecule has 0 bridgehead atoms. The minimum atomic E-state index is 0.0379. The molecule has 0 saturated carbocycles. The maximum Gasteiger partial charge on any atom is 0.254 e. The van der Waals surface area contributed by atoms with Crippen molar-refractivity contribution in [2.45, 2.75) is 20.4 Å². The minimum Gasteiger partial charge on any atom is -0.497 e. The summed E-state index contributed by atoms with van der Waals surface area (Å²) in [6.45, 7) is 8.09. The second kappa shape index (κ2) is 9.87. The van der Waals surface area contributed by atoms with Crippen LogP contribution in [0, 0.1) is 6.92 Å². The largest absolute Gasteiger partial charge is 0.497 e. The number of rotatable bonds is 7. The van der Waals surface area contributed by atoms with Crippen LogP contribution in [-0.4, -0.2) is 60.6 Å². The number of aryl methyl sites for hydroxylation is 1. The lowest BCUT2D eigenvalue weighted by molar-refractivity contribution is 0.0626. The first-order valence-corrected chi connectivity index (χ1v) is 10.9. The molecule has 2 aromatic carbocycles. The quantitative estimate of drug-likeness (QED) is 0.559. The molecule has 1 amide bonds. The summed E-state index contributed by atoms with van der Waals surface area (Å²) >= 11 is 0.